The number of fused-ring (bicyclic) bond motifs is 2. The summed E-state index contributed by atoms with van der Waals surface area (Å²) in [5.74, 6) is -0.561. The van der Waals surface area contributed by atoms with Crippen molar-refractivity contribution in [3.05, 3.63) is 117 Å². The fourth-order valence-electron chi connectivity index (χ4n) is 9.87. The van der Waals surface area contributed by atoms with Gasteiger partial charge in [0.25, 0.3) is 21.6 Å². The summed E-state index contributed by atoms with van der Waals surface area (Å²) in [5.41, 5.74) is 7.40. The summed E-state index contributed by atoms with van der Waals surface area (Å²) in [6, 6.07) is 21.7. The van der Waals surface area contributed by atoms with Gasteiger partial charge in [-0.25, -0.2) is 22.8 Å². The van der Waals surface area contributed by atoms with Crippen LogP contribution in [0.4, 0.5) is 17.1 Å². The lowest BCUT2D eigenvalue weighted by molar-refractivity contribution is -0.384. The number of allylic oxidation sites excluding steroid dienone is 1. The van der Waals surface area contributed by atoms with Gasteiger partial charge in [0.1, 0.15) is 16.9 Å². The van der Waals surface area contributed by atoms with Crippen molar-refractivity contribution in [2.24, 2.45) is 11.3 Å². The van der Waals surface area contributed by atoms with E-state index in [9.17, 15) is 23.3 Å². The first-order chi connectivity index (χ1) is 31.3. The van der Waals surface area contributed by atoms with E-state index in [0.29, 0.717) is 40.9 Å². The molecule has 0 radical (unpaired) electrons. The van der Waals surface area contributed by atoms with Crippen LogP contribution in [-0.4, -0.2) is 107 Å². The first kappa shape index (κ1) is 43.1. The van der Waals surface area contributed by atoms with E-state index in [1.807, 2.05) is 36.4 Å². The number of carbonyl (C=O) groups excluding carboxylic acids is 1. The Morgan fingerprint density at radius 3 is 2.55 bits per heavy atom. The van der Waals surface area contributed by atoms with E-state index in [0.717, 1.165) is 93.7 Å². The van der Waals surface area contributed by atoms with E-state index in [4.69, 9.17) is 16.6 Å². The van der Waals surface area contributed by atoms with Crippen LogP contribution in [0, 0.1) is 21.4 Å². The van der Waals surface area contributed by atoms with Gasteiger partial charge in [-0.05, 0) is 122 Å². The van der Waals surface area contributed by atoms with Crippen LogP contribution in [0.3, 0.4) is 0 Å². The maximum Gasteiger partial charge on any atom is 0.293 e. The number of H-pyrrole nitrogens is 1. The van der Waals surface area contributed by atoms with Gasteiger partial charge in [0.15, 0.2) is 0 Å². The van der Waals surface area contributed by atoms with Gasteiger partial charge >= 0.3 is 0 Å². The fraction of sp³-hybridized carbons (Fsp3) is 0.396. The van der Waals surface area contributed by atoms with Crippen molar-refractivity contribution >= 4 is 72.2 Å². The predicted molar refractivity (Wildman–Crippen MR) is 254 cm³/mol. The topological polar surface area (TPSA) is 175 Å². The zero-order valence-electron chi connectivity index (χ0n) is 36.6. The number of halogens is 1. The third kappa shape index (κ3) is 9.09. The maximum atomic E-state index is 14.2. The molecule has 15 nitrogen and oxygen atoms in total. The van der Waals surface area contributed by atoms with Crippen molar-refractivity contribution in [1.29, 1.82) is 0 Å². The molecule has 6 aromatic rings. The average Bonchev–Trinajstić information content (AvgIpc) is 3.63. The lowest BCUT2D eigenvalue weighted by Gasteiger charge is -2.39. The number of carbonyl (C=O) groups is 1. The molecule has 5 heterocycles. The molecule has 338 valence electrons. The summed E-state index contributed by atoms with van der Waals surface area (Å²) in [5, 5.41) is 21.7. The number of pyridine rings is 1. The number of benzene rings is 3. The normalized spacial score (nSPS) is 19.6. The standard InChI is InChI=1S/C48H53ClN10O5S/c1-48(2)16-13-34(40(26-48)32-3-5-35(49)6-4-32)30-55-19-21-56(22-20-55)37-9-11-39(43(24-37)58-44-23-33-14-17-50-46(33)53-42(44)28-52-58)47(60)54-65(63,64)38-10-12-41(45(25-38)59(61)62)51-27-31-15-18-57(29-31)36-7-8-36/h3-6,9-12,14,17,23-25,28,31,36,51H,7-8,13,15-16,18-22,26-27,29-30H2,1-2H3,(H,50,53)(H,54,60). The van der Waals surface area contributed by atoms with Crippen LogP contribution in [0.2, 0.25) is 5.02 Å². The molecule has 2 saturated heterocycles. The van der Waals surface area contributed by atoms with Crippen molar-refractivity contribution in [2.45, 2.75) is 63.3 Å². The molecule has 3 aromatic heterocycles. The second-order valence-corrected chi connectivity index (χ2v) is 21.0. The van der Waals surface area contributed by atoms with Gasteiger partial charge in [0, 0.05) is 80.2 Å². The summed E-state index contributed by atoms with van der Waals surface area (Å²) in [7, 11) is -4.56. The molecular formula is C48H53ClN10O5S. The second kappa shape index (κ2) is 17.2. The van der Waals surface area contributed by atoms with E-state index in [2.05, 4.69) is 60.8 Å². The molecule has 2 aliphatic heterocycles. The zero-order chi connectivity index (χ0) is 45.0. The van der Waals surface area contributed by atoms with Crippen LogP contribution in [0.25, 0.3) is 33.3 Å². The minimum atomic E-state index is -4.56. The summed E-state index contributed by atoms with van der Waals surface area (Å²) in [6.45, 7) is 11.2. The lowest BCUT2D eigenvalue weighted by Crippen LogP contribution is -2.47. The summed E-state index contributed by atoms with van der Waals surface area (Å²) >= 11 is 6.26. The highest BCUT2D eigenvalue weighted by Gasteiger charge is 2.35. The number of anilines is 2. The van der Waals surface area contributed by atoms with Crippen molar-refractivity contribution < 1.29 is 18.1 Å². The van der Waals surface area contributed by atoms with Crippen molar-refractivity contribution in [3.8, 4) is 5.69 Å². The summed E-state index contributed by atoms with van der Waals surface area (Å²) in [6.07, 6.45) is 10.1. The second-order valence-electron chi connectivity index (χ2n) is 18.9. The predicted octanol–water partition coefficient (Wildman–Crippen LogP) is 8.26. The molecule has 3 aromatic carbocycles. The fourth-order valence-corrected chi connectivity index (χ4v) is 11.0. The zero-order valence-corrected chi connectivity index (χ0v) is 38.2. The molecule has 17 heteroatoms. The van der Waals surface area contributed by atoms with Gasteiger partial charge in [-0.2, -0.15) is 5.10 Å². The number of aromatic amines is 1. The van der Waals surface area contributed by atoms with Crippen LogP contribution < -0.4 is 14.9 Å². The molecule has 65 heavy (non-hydrogen) atoms. The number of hydrogen-bond acceptors (Lipinski definition) is 11. The van der Waals surface area contributed by atoms with Gasteiger partial charge in [0.2, 0.25) is 0 Å². The van der Waals surface area contributed by atoms with Crippen LogP contribution in [-0.2, 0) is 10.0 Å². The Balaban J connectivity index is 0.897. The molecular weight excluding hydrogens is 864 g/mol. The number of nitrogens with one attached hydrogen (secondary N) is 3. The van der Waals surface area contributed by atoms with Crippen molar-refractivity contribution in [1.82, 2.24) is 34.3 Å². The number of rotatable bonds is 13. The highest BCUT2D eigenvalue weighted by molar-refractivity contribution is 7.90. The Hall–Kier alpha value is -5.81. The number of nitrogens with zero attached hydrogens (tertiary/aromatic N) is 7. The van der Waals surface area contributed by atoms with Gasteiger partial charge in [-0.1, -0.05) is 43.2 Å². The average molecular weight is 918 g/mol. The Morgan fingerprint density at radius 1 is 0.985 bits per heavy atom. The molecule has 1 unspecified atom stereocenters. The van der Waals surface area contributed by atoms with E-state index >= 15 is 0 Å². The molecule has 1 saturated carbocycles. The van der Waals surface area contributed by atoms with Crippen molar-refractivity contribution in [3.63, 3.8) is 0 Å². The van der Waals surface area contributed by atoms with Crippen molar-refractivity contribution in [2.75, 3.05) is 62.6 Å². The molecule has 2 aliphatic carbocycles. The third-order valence-corrected chi connectivity index (χ3v) is 15.3. The highest BCUT2D eigenvalue weighted by atomic mass is 35.5. The molecule has 10 rings (SSSR count). The number of amides is 1. The van der Waals surface area contributed by atoms with E-state index in [1.54, 1.807) is 23.1 Å². The SMILES string of the molecule is CC1(C)CCC(CN2CCN(c3ccc(C(=O)NS(=O)(=O)c4ccc(NCC5CCN(C6CC6)C5)c([N+](=O)[O-])c4)c(-n4ncc5nc6[nH]ccc6cc54)c3)CC2)=C(c2ccc(Cl)cc2)C1. The Bertz CT molecular complexity index is 2950. The molecule has 0 bridgehead atoms. The highest BCUT2D eigenvalue weighted by Crippen LogP contribution is 2.43. The first-order valence-corrected chi connectivity index (χ1v) is 24.4. The number of likely N-dealkylation sites (tertiary alicyclic amines) is 1. The summed E-state index contributed by atoms with van der Waals surface area (Å²) in [4.78, 5) is 40.6. The Kier molecular flexibility index (Phi) is 11.4. The number of sulfonamides is 1. The monoisotopic (exact) mass is 916 g/mol. The van der Waals surface area contributed by atoms with Gasteiger partial charge in [-0.3, -0.25) is 19.8 Å². The van der Waals surface area contributed by atoms with Crippen LogP contribution in [0.1, 0.15) is 68.3 Å². The number of piperazine rings is 1. The number of hydrogen-bond donors (Lipinski definition) is 3. The third-order valence-electron chi connectivity index (χ3n) is 13.7. The first-order valence-electron chi connectivity index (χ1n) is 22.5. The van der Waals surface area contributed by atoms with E-state index < -0.39 is 25.7 Å². The molecule has 0 spiro atoms. The quantitative estimate of drug-likeness (QED) is 0.0752. The largest absolute Gasteiger partial charge is 0.379 e. The minimum Gasteiger partial charge on any atom is -0.379 e. The maximum absolute atomic E-state index is 14.2. The minimum absolute atomic E-state index is 0.0570. The van der Waals surface area contributed by atoms with Crippen LogP contribution >= 0.6 is 11.6 Å². The van der Waals surface area contributed by atoms with Gasteiger partial charge < -0.3 is 20.1 Å². The number of aromatic nitrogens is 4. The Morgan fingerprint density at radius 2 is 1.78 bits per heavy atom. The Labute approximate surface area is 383 Å². The summed E-state index contributed by atoms with van der Waals surface area (Å²) < 4.78 is 31.6. The molecule has 1 amide bonds. The molecule has 3 fully saturated rings. The van der Waals surface area contributed by atoms with E-state index in [-0.39, 0.29) is 22.4 Å². The number of nitro benzene ring substituents is 1. The molecule has 3 N–H and O–H groups in total. The molecule has 4 aliphatic rings. The van der Waals surface area contributed by atoms with Crippen LogP contribution in [0.5, 0.6) is 0 Å². The van der Waals surface area contributed by atoms with Gasteiger partial charge in [-0.15, -0.1) is 0 Å². The number of nitro groups is 1. The van der Waals surface area contributed by atoms with E-state index in [1.165, 1.54) is 41.7 Å². The van der Waals surface area contributed by atoms with Crippen LogP contribution in [0.15, 0.2) is 95.7 Å². The molecule has 1 atom stereocenters. The smallest absolute Gasteiger partial charge is 0.293 e. The van der Waals surface area contributed by atoms with Gasteiger partial charge in [0.05, 0.1) is 32.8 Å². The lowest BCUT2D eigenvalue weighted by atomic mass is 9.72.